The third-order valence-corrected chi connectivity index (χ3v) is 5.97. The zero-order valence-corrected chi connectivity index (χ0v) is 18.0. The summed E-state index contributed by atoms with van der Waals surface area (Å²) < 4.78 is 0. The smallest absolute Gasteiger partial charge is 0.232 e. The van der Waals surface area contributed by atoms with Gasteiger partial charge >= 0.3 is 0 Å². The van der Waals surface area contributed by atoms with Gasteiger partial charge < -0.3 is 5.32 Å². The molecule has 160 valence electrons. The Balaban J connectivity index is 1.26. The predicted molar refractivity (Wildman–Crippen MR) is 126 cm³/mol. The van der Waals surface area contributed by atoms with E-state index in [1.165, 1.54) is 5.56 Å². The molecule has 0 saturated carbocycles. The molecule has 3 aromatic rings. The van der Waals surface area contributed by atoms with E-state index >= 15 is 0 Å². The van der Waals surface area contributed by atoms with Gasteiger partial charge in [0, 0.05) is 45.8 Å². The van der Waals surface area contributed by atoms with Crippen LogP contribution in [0.25, 0.3) is 0 Å². The second-order valence-corrected chi connectivity index (χ2v) is 8.15. The molecule has 0 aliphatic carbocycles. The standard InChI is InChI=1S/C27H31N3O/c31-27(26(24-12-6-2-7-13-24)25-14-8-3-9-15-25)28-16-17-29-18-20-30(21-19-29)22-23-10-4-1-5-11-23/h1-15,26H,16-22H2,(H,28,31). The fraction of sp³-hybridized carbons (Fsp3) is 0.296. The number of carbonyl (C=O) groups excluding carboxylic acids is 1. The highest BCUT2D eigenvalue weighted by atomic mass is 16.1. The van der Waals surface area contributed by atoms with Gasteiger partial charge in [-0.2, -0.15) is 0 Å². The molecule has 1 fully saturated rings. The van der Waals surface area contributed by atoms with Crippen LogP contribution in [-0.2, 0) is 11.3 Å². The number of piperazine rings is 1. The third kappa shape index (κ3) is 6.03. The second kappa shape index (κ2) is 10.9. The van der Waals surface area contributed by atoms with Crippen LogP contribution < -0.4 is 5.32 Å². The molecule has 1 amide bonds. The van der Waals surface area contributed by atoms with Gasteiger partial charge in [0.25, 0.3) is 0 Å². The quantitative estimate of drug-likeness (QED) is 0.611. The van der Waals surface area contributed by atoms with Crippen molar-refractivity contribution in [1.82, 2.24) is 15.1 Å². The summed E-state index contributed by atoms with van der Waals surface area (Å²) in [6.07, 6.45) is 0. The predicted octanol–water partition coefficient (Wildman–Crippen LogP) is 3.75. The van der Waals surface area contributed by atoms with Gasteiger partial charge in [0.2, 0.25) is 5.91 Å². The maximum absolute atomic E-state index is 13.1. The van der Waals surface area contributed by atoms with Crippen molar-refractivity contribution in [3.8, 4) is 0 Å². The first-order valence-corrected chi connectivity index (χ1v) is 11.2. The molecule has 1 heterocycles. The fourth-order valence-corrected chi connectivity index (χ4v) is 4.24. The van der Waals surface area contributed by atoms with Crippen LogP contribution in [0.3, 0.4) is 0 Å². The van der Waals surface area contributed by atoms with Gasteiger partial charge in [0.15, 0.2) is 0 Å². The highest BCUT2D eigenvalue weighted by Gasteiger charge is 2.23. The molecule has 0 unspecified atom stereocenters. The Morgan fingerprint density at radius 2 is 1.19 bits per heavy atom. The molecule has 0 bridgehead atoms. The van der Waals surface area contributed by atoms with E-state index in [1.54, 1.807) is 0 Å². The zero-order valence-electron chi connectivity index (χ0n) is 18.0. The van der Waals surface area contributed by atoms with Crippen molar-refractivity contribution in [2.75, 3.05) is 39.3 Å². The SMILES string of the molecule is O=C(NCCN1CCN(Cc2ccccc2)CC1)C(c1ccccc1)c1ccccc1. The van der Waals surface area contributed by atoms with Crippen LogP contribution in [0.1, 0.15) is 22.6 Å². The molecule has 1 N–H and O–H groups in total. The van der Waals surface area contributed by atoms with Crippen molar-refractivity contribution in [2.24, 2.45) is 0 Å². The number of carbonyl (C=O) groups is 1. The Morgan fingerprint density at radius 1 is 0.710 bits per heavy atom. The van der Waals surface area contributed by atoms with Crippen molar-refractivity contribution in [1.29, 1.82) is 0 Å². The average molecular weight is 414 g/mol. The molecule has 0 atom stereocenters. The van der Waals surface area contributed by atoms with Crippen molar-refractivity contribution in [3.05, 3.63) is 108 Å². The first kappa shape index (κ1) is 21.3. The minimum atomic E-state index is -0.273. The third-order valence-electron chi connectivity index (χ3n) is 5.97. The molecule has 1 saturated heterocycles. The highest BCUT2D eigenvalue weighted by Crippen LogP contribution is 2.24. The van der Waals surface area contributed by atoms with Crippen LogP contribution in [0.5, 0.6) is 0 Å². The molecule has 4 rings (SSSR count). The number of nitrogens with one attached hydrogen (secondary N) is 1. The molecule has 0 spiro atoms. The van der Waals surface area contributed by atoms with Gasteiger partial charge in [-0.3, -0.25) is 14.6 Å². The molecular weight excluding hydrogens is 382 g/mol. The number of nitrogens with zero attached hydrogens (tertiary/aromatic N) is 2. The molecule has 31 heavy (non-hydrogen) atoms. The molecular formula is C27H31N3O. The van der Waals surface area contributed by atoms with Crippen molar-refractivity contribution >= 4 is 5.91 Å². The molecule has 1 aliphatic heterocycles. The van der Waals surface area contributed by atoms with Crippen molar-refractivity contribution < 1.29 is 4.79 Å². The number of benzene rings is 3. The number of amides is 1. The zero-order chi connectivity index (χ0) is 21.3. The van der Waals surface area contributed by atoms with Crippen LogP contribution in [0, 0.1) is 0 Å². The molecule has 4 heteroatoms. The van der Waals surface area contributed by atoms with Crippen LogP contribution in [-0.4, -0.2) is 55.0 Å². The summed E-state index contributed by atoms with van der Waals surface area (Å²) in [5.41, 5.74) is 3.43. The lowest BCUT2D eigenvalue weighted by Gasteiger charge is -2.34. The summed E-state index contributed by atoms with van der Waals surface area (Å²) in [5.74, 6) is -0.203. The molecule has 4 nitrogen and oxygen atoms in total. The van der Waals surface area contributed by atoms with Gasteiger partial charge in [-0.15, -0.1) is 0 Å². The minimum Gasteiger partial charge on any atom is -0.354 e. The van der Waals surface area contributed by atoms with Gasteiger partial charge in [0.1, 0.15) is 0 Å². The highest BCUT2D eigenvalue weighted by molar-refractivity contribution is 5.87. The topological polar surface area (TPSA) is 35.6 Å². The lowest BCUT2D eigenvalue weighted by molar-refractivity contribution is -0.121. The summed E-state index contributed by atoms with van der Waals surface area (Å²) in [6.45, 7) is 6.81. The monoisotopic (exact) mass is 413 g/mol. The lowest BCUT2D eigenvalue weighted by Crippen LogP contribution is -2.48. The molecule has 0 radical (unpaired) electrons. The lowest BCUT2D eigenvalue weighted by atomic mass is 9.90. The van der Waals surface area contributed by atoms with E-state index in [4.69, 9.17) is 0 Å². The van der Waals surface area contributed by atoms with E-state index in [0.717, 1.165) is 50.4 Å². The van der Waals surface area contributed by atoms with Gasteiger partial charge in [-0.25, -0.2) is 0 Å². The van der Waals surface area contributed by atoms with Crippen LogP contribution in [0.15, 0.2) is 91.0 Å². The Bertz CT molecular complexity index is 883. The minimum absolute atomic E-state index is 0.0695. The fourth-order valence-electron chi connectivity index (χ4n) is 4.24. The van der Waals surface area contributed by atoms with E-state index in [0.29, 0.717) is 6.54 Å². The van der Waals surface area contributed by atoms with E-state index in [2.05, 4.69) is 45.4 Å². The molecule has 0 aromatic heterocycles. The first-order chi connectivity index (χ1) is 15.3. The summed E-state index contributed by atoms with van der Waals surface area (Å²) >= 11 is 0. The van der Waals surface area contributed by atoms with Crippen LogP contribution >= 0.6 is 0 Å². The summed E-state index contributed by atoms with van der Waals surface area (Å²) in [6, 6.07) is 30.7. The molecule has 1 aliphatic rings. The summed E-state index contributed by atoms with van der Waals surface area (Å²) in [7, 11) is 0. The van der Waals surface area contributed by atoms with Crippen molar-refractivity contribution in [3.63, 3.8) is 0 Å². The summed E-state index contributed by atoms with van der Waals surface area (Å²) in [5, 5.41) is 3.18. The van der Waals surface area contributed by atoms with Gasteiger partial charge in [0.05, 0.1) is 5.92 Å². The van der Waals surface area contributed by atoms with E-state index in [1.807, 2.05) is 60.7 Å². The Hall–Kier alpha value is -2.95. The Labute approximate surface area is 185 Å². The largest absolute Gasteiger partial charge is 0.354 e. The normalized spacial score (nSPS) is 15.1. The first-order valence-electron chi connectivity index (χ1n) is 11.2. The van der Waals surface area contributed by atoms with Crippen molar-refractivity contribution in [2.45, 2.75) is 12.5 Å². The maximum Gasteiger partial charge on any atom is 0.232 e. The van der Waals surface area contributed by atoms with Crippen LogP contribution in [0.2, 0.25) is 0 Å². The van der Waals surface area contributed by atoms with E-state index in [9.17, 15) is 4.79 Å². The maximum atomic E-state index is 13.1. The number of hydrogen-bond donors (Lipinski definition) is 1. The Morgan fingerprint density at radius 3 is 1.74 bits per heavy atom. The second-order valence-electron chi connectivity index (χ2n) is 8.15. The van der Waals surface area contributed by atoms with E-state index < -0.39 is 0 Å². The average Bonchev–Trinajstić information content (AvgIpc) is 2.82. The van der Waals surface area contributed by atoms with Gasteiger partial charge in [-0.1, -0.05) is 91.0 Å². The number of rotatable bonds is 8. The number of hydrogen-bond acceptors (Lipinski definition) is 3. The summed E-state index contributed by atoms with van der Waals surface area (Å²) in [4.78, 5) is 18.1. The van der Waals surface area contributed by atoms with Crippen LogP contribution in [0.4, 0.5) is 0 Å². The molecule has 3 aromatic carbocycles. The van der Waals surface area contributed by atoms with Gasteiger partial charge in [-0.05, 0) is 16.7 Å². The Kier molecular flexibility index (Phi) is 7.48. The van der Waals surface area contributed by atoms with E-state index in [-0.39, 0.29) is 11.8 Å².